The number of halogens is 2. The van der Waals surface area contributed by atoms with Crippen LogP contribution in [0.5, 0.6) is 0 Å². The Labute approximate surface area is 375 Å². The van der Waals surface area contributed by atoms with E-state index in [1.165, 1.54) is 119 Å². The van der Waals surface area contributed by atoms with E-state index in [2.05, 4.69) is 163 Å². The summed E-state index contributed by atoms with van der Waals surface area (Å²) < 4.78 is 0.212. The van der Waals surface area contributed by atoms with Gasteiger partial charge in [0.05, 0.1) is 0 Å². The molecule has 2 saturated carbocycles. The van der Waals surface area contributed by atoms with Gasteiger partial charge in [0.2, 0.25) is 0 Å². The normalized spacial score (nSPS) is 22.1. The standard InChI is InChI=1S/2C26H33Si.C2H7Si.2ClH.Zr/c2*1-26(15-6-5-7-16-26)19-20-17-22-9-8-10-24(25(22)18-20)21-11-13-23(14-12-21)27(2,3)4;1-3-2;;;/h2*8-14,17-18H,5-7,15-16,19H2,1-4H3;3H,1-2H3;2*1H;/q;;;;;+2/p-2. The molecule has 0 aliphatic heterocycles. The summed E-state index contributed by atoms with van der Waals surface area (Å²) in [7, 11) is 15.6. The topological polar surface area (TPSA) is 0 Å². The van der Waals surface area contributed by atoms with Crippen LogP contribution in [0.15, 0.2) is 96.1 Å². The molecule has 0 aromatic heterocycles. The van der Waals surface area contributed by atoms with Gasteiger partial charge >= 0.3 is 379 Å². The van der Waals surface area contributed by atoms with Gasteiger partial charge in [-0.05, 0) is 0 Å². The van der Waals surface area contributed by atoms with Crippen molar-refractivity contribution in [3.8, 4) is 22.3 Å². The molecule has 60 heavy (non-hydrogen) atoms. The molecule has 4 aromatic carbocycles. The van der Waals surface area contributed by atoms with Crippen LogP contribution in [0.2, 0.25) is 52.4 Å². The predicted molar refractivity (Wildman–Crippen MR) is 273 cm³/mol. The number of rotatable bonds is 11. The Hall–Kier alpha value is -1.53. The number of hydrogen-bond donors (Lipinski definition) is 0. The van der Waals surface area contributed by atoms with Crippen molar-refractivity contribution in [1.82, 2.24) is 0 Å². The first-order valence-corrected chi connectivity index (χ1v) is 47.0. The van der Waals surface area contributed by atoms with Crippen molar-refractivity contribution in [3.05, 3.63) is 118 Å². The first-order chi connectivity index (χ1) is 28.2. The molecular weight excluding hydrogens is 895 g/mol. The SMILES string of the molecule is C[SiH](C)[Zr]([Cl])([Cl])([CH]1C(CC2(C)CCCCC2)=Cc2c(-c3ccc([Si](C)(C)C)cc3)cccc21)[CH]1C(CC2(C)CCCCC2)=Cc2c(-c3ccc([Si](C)(C)C)cc3)cccc21. The van der Waals surface area contributed by atoms with E-state index in [-0.39, 0.29) is 18.1 Å². The van der Waals surface area contributed by atoms with E-state index in [1.54, 1.807) is 11.1 Å². The molecule has 2 fully saturated rings. The number of hydrogen-bond acceptors (Lipinski definition) is 0. The summed E-state index contributed by atoms with van der Waals surface area (Å²) in [4.78, 5) is 0. The van der Waals surface area contributed by atoms with Crippen molar-refractivity contribution < 1.29 is 15.6 Å². The Balaban J connectivity index is 1.34. The number of allylic oxidation sites excluding steroid dienone is 2. The molecule has 0 radical (unpaired) electrons. The molecule has 6 heteroatoms. The third-order valence-corrected chi connectivity index (χ3v) is 72.0. The van der Waals surface area contributed by atoms with E-state index in [9.17, 15) is 17.0 Å². The van der Waals surface area contributed by atoms with Gasteiger partial charge in [-0.15, -0.1) is 0 Å². The molecule has 0 amide bonds. The second-order valence-corrected chi connectivity index (χ2v) is 75.7. The Morgan fingerprint density at radius 2 is 0.883 bits per heavy atom. The van der Waals surface area contributed by atoms with Crippen molar-refractivity contribution >= 4 is 61.6 Å². The summed E-state index contributed by atoms with van der Waals surface area (Å²) in [6, 6.07) is 33.6. The van der Waals surface area contributed by atoms with Gasteiger partial charge in [0.25, 0.3) is 0 Å². The van der Waals surface area contributed by atoms with Crippen molar-refractivity contribution in [2.45, 2.75) is 151 Å². The monoisotopic (exact) mass is 965 g/mol. The second kappa shape index (κ2) is 16.5. The van der Waals surface area contributed by atoms with Gasteiger partial charge in [-0.25, -0.2) is 0 Å². The maximum atomic E-state index is 9.22. The molecular formula is C54H73Cl2Si3Zr. The summed E-state index contributed by atoms with van der Waals surface area (Å²) in [6.07, 6.45) is 20.7. The molecule has 0 spiro atoms. The van der Waals surface area contributed by atoms with E-state index in [4.69, 9.17) is 0 Å². The number of fused-ring (bicyclic) bond motifs is 2. The summed E-state index contributed by atoms with van der Waals surface area (Å²) in [5, 5.41) is 3.02. The van der Waals surface area contributed by atoms with Crippen LogP contribution >= 0.6 is 17.0 Å². The van der Waals surface area contributed by atoms with Gasteiger partial charge in [0, 0.05) is 0 Å². The van der Waals surface area contributed by atoms with Gasteiger partial charge < -0.3 is 0 Å². The van der Waals surface area contributed by atoms with Gasteiger partial charge in [0.1, 0.15) is 0 Å². The van der Waals surface area contributed by atoms with Gasteiger partial charge in [-0.1, -0.05) is 0 Å². The minimum absolute atomic E-state index is 0.106. The molecule has 2 unspecified atom stereocenters. The molecule has 319 valence electrons. The number of benzene rings is 4. The third kappa shape index (κ3) is 8.33. The van der Waals surface area contributed by atoms with Crippen LogP contribution < -0.4 is 10.4 Å². The van der Waals surface area contributed by atoms with E-state index < -0.39 is 37.6 Å². The van der Waals surface area contributed by atoms with Crippen molar-refractivity contribution in [1.29, 1.82) is 0 Å². The Morgan fingerprint density at radius 1 is 0.533 bits per heavy atom. The molecule has 4 aliphatic rings. The summed E-state index contributed by atoms with van der Waals surface area (Å²) in [6.45, 7) is 25.0. The van der Waals surface area contributed by atoms with Crippen LogP contribution in [0.4, 0.5) is 0 Å². The Morgan fingerprint density at radius 3 is 1.20 bits per heavy atom. The Bertz CT molecular complexity index is 2140. The van der Waals surface area contributed by atoms with E-state index >= 15 is 0 Å². The molecule has 0 saturated heterocycles. The minimum atomic E-state index is -5.08. The fraction of sp³-hybridized carbons (Fsp3) is 0.481. The van der Waals surface area contributed by atoms with Crippen LogP contribution in [0.3, 0.4) is 0 Å². The zero-order valence-corrected chi connectivity index (χ0v) is 45.8. The quantitative estimate of drug-likeness (QED) is 0.131. The fourth-order valence-corrected chi connectivity index (χ4v) is 46.0. The zero-order valence-electron chi connectivity index (χ0n) is 38.7. The van der Waals surface area contributed by atoms with Gasteiger partial charge in [-0.3, -0.25) is 0 Å². The molecule has 0 N–H and O–H groups in total. The molecule has 4 aliphatic carbocycles. The first kappa shape index (κ1) is 45.1. The maximum absolute atomic E-state index is 9.22. The van der Waals surface area contributed by atoms with Gasteiger partial charge in [0.15, 0.2) is 0 Å². The molecule has 0 bridgehead atoms. The average molecular weight is 969 g/mol. The van der Waals surface area contributed by atoms with Crippen LogP contribution in [-0.2, 0) is 15.6 Å². The fourth-order valence-electron chi connectivity index (χ4n) is 12.3. The van der Waals surface area contributed by atoms with E-state index in [0.717, 1.165) is 12.8 Å². The first-order valence-electron chi connectivity index (χ1n) is 23.7. The molecule has 8 rings (SSSR count). The van der Waals surface area contributed by atoms with Crippen LogP contribution in [0.25, 0.3) is 34.4 Å². The molecule has 2 atom stereocenters. The average Bonchev–Trinajstić information content (AvgIpc) is 3.76. The van der Waals surface area contributed by atoms with Crippen molar-refractivity contribution in [2.24, 2.45) is 10.8 Å². The second-order valence-electron chi connectivity index (χ2n) is 23.1. The van der Waals surface area contributed by atoms with Crippen LogP contribution in [0.1, 0.15) is 120 Å². The molecule has 4 aromatic rings. The van der Waals surface area contributed by atoms with E-state index in [0.29, 0.717) is 0 Å². The molecule has 0 nitrogen and oxygen atoms in total. The summed E-state index contributed by atoms with van der Waals surface area (Å²) in [5.41, 5.74) is 14.7. The van der Waals surface area contributed by atoms with E-state index in [1.807, 2.05) is 0 Å². The van der Waals surface area contributed by atoms with Crippen molar-refractivity contribution in [3.63, 3.8) is 0 Å². The Kier molecular flexibility index (Phi) is 12.4. The molecule has 0 heterocycles. The van der Waals surface area contributed by atoms with Crippen LogP contribution in [0, 0.1) is 10.8 Å². The van der Waals surface area contributed by atoms with Crippen molar-refractivity contribution in [2.75, 3.05) is 0 Å². The summed E-state index contributed by atoms with van der Waals surface area (Å²) >= 11 is -5.08. The van der Waals surface area contributed by atoms with Gasteiger partial charge in [-0.2, -0.15) is 0 Å². The zero-order chi connectivity index (χ0) is 42.9. The van der Waals surface area contributed by atoms with Crippen LogP contribution in [-0.4, -0.2) is 22.1 Å². The summed E-state index contributed by atoms with van der Waals surface area (Å²) in [5.74, 6) is -1.74. The third-order valence-electron chi connectivity index (χ3n) is 16.0. The predicted octanol–water partition coefficient (Wildman–Crippen LogP) is 16.4.